The number of hydrogen-bond acceptors (Lipinski definition) is 2. The van der Waals surface area contributed by atoms with Crippen molar-refractivity contribution in [2.24, 2.45) is 10.9 Å². The van der Waals surface area contributed by atoms with Gasteiger partial charge in [-0.3, -0.25) is 4.99 Å². The lowest BCUT2D eigenvalue weighted by Crippen LogP contribution is -2.06. The Bertz CT molecular complexity index is 336. The van der Waals surface area contributed by atoms with E-state index in [9.17, 15) is 0 Å². The summed E-state index contributed by atoms with van der Waals surface area (Å²) in [7, 11) is 0. The van der Waals surface area contributed by atoms with Crippen LogP contribution in [0, 0.1) is 5.92 Å². The summed E-state index contributed by atoms with van der Waals surface area (Å²) in [5, 5.41) is 2.17. The second kappa shape index (κ2) is 2.95. The van der Waals surface area contributed by atoms with Crippen LogP contribution in [0.4, 0.5) is 0 Å². The van der Waals surface area contributed by atoms with Gasteiger partial charge in [0.1, 0.15) is 0 Å². The number of aryl methyl sites for hydroxylation is 1. The van der Waals surface area contributed by atoms with Gasteiger partial charge in [0, 0.05) is 11.1 Å². The molecule has 1 atom stereocenters. The number of hydrogen-bond donors (Lipinski definition) is 0. The van der Waals surface area contributed by atoms with E-state index in [4.69, 9.17) is 0 Å². The molecule has 2 heteroatoms. The Morgan fingerprint density at radius 1 is 1.31 bits per heavy atom. The molecule has 13 heavy (non-hydrogen) atoms. The summed E-state index contributed by atoms with van der Waals surface area (Å²) in [5.74, 6) is 0.922. The molecule has 3 rings (SSSR count). The van der Waals surface area contributed by atoms with Crippen molar-refractivity contribution >= 4 is 17.6 Å². The summed E-state index contributed by atoms with van der Waals surface area (Å²) in [4.78, 5) is 6.08. The zero-order chi connectivity index (χ0) is 8.67. The number of rotatable bonds is 1. The van der Waals surface area contributed by atoms with Gasteiger partial charge in [0.15, 0.2) is 0 Å². The van der Waals surface area contributed by atoms with Gasteiger partial charge in [0.25, 0.3) is 0 Å². The van der Waals surface area contributed by atoms with E-state index in [2.05, 4.69) is 22.7 Å². The van der Waals surface area contributed by atoms with E-state index in [0.717, 1.165) is 5.92 Å². The third-order valence-corrected chi connectivity index (χ3v) is 3.93. The standard InChI is InChI=1S/C11H13NS/c1-2-8(1)10-4-3-9-5-6-13-11(9)7-12-10/h5-8,10H,1-4H2. The molecule has 1 nitrogen and oxygen atoms in total. The highest BCUT2D eigenvalue weighted by Crippen LogP contribution is 2.37. The Balaban J connectivity index is 1.86. The molecule has 1 aliphatic heterocycles. The monoisotopic (exact) mass is 191 g/mol. The number of thiophene rings is 1. The van der Waals surface area contributed by atoms with Crippen LogP contribution in [0.25, 0.3) is 0 Å². The van der Waals surface area contributed by atoms with Crippen LogP contribution in [0.15, 0.2) is 16.4 Å². The maximum absolute atomic E-state index is 4.68. The summed E-state index contributed by atoms with van der Waals surface area (Å²) in [6.45, 7) is 0. The maximum atomic E-state index is 4.68. The second-order valence-electron chi connectivity index (χ2n) is 4.03. The lowest BCUT2D eigenvalue weighted by atomic mass is 10.0. The number of fused-ring (bicyclic) bond motifs is 1. The second-order valence-corrected chi connectivity index (χ2v) is 4.98. The Morgan fingerprint density at radius 2 is 2.23 bits per heavy atom. The highest BCUT2D eigenvalue weighted by molar-refractivity contribution is 7.11. The average molecular weight is 191 g/mol. The lowest BCUT2D eigenvalue weighted by Gasteiger charge is -2.06. The smallest absolute Gasteiger partial charge is 0.0531 e. The first-order chi connectivity index (χ1) is 6.43. The van der Waals surface area contributed by atoms with Crippen LogP contribution in [-0.4, -0.2) is 12.3 Å². The minimum absolute atomic E-state index is 0.639. The average Bonchev–Trinajstić information content (AvgIpc) is 2.90. The maximum Gasteiger partial charge on any atom is 0.0531 e. The molecule has 1 unspecified atom stereocenters. The van der Waals surface area contributed by atoms with Crippen LogP contribution < -0.4 is 0 Å². The fourth-order valence-electron chi connectivity index (χ4n) is 2.05. The van der Waals surface area contributed by atoms with Crippen LogP contribution in [0.3, 0.4) is 0 Å². The van der Waals surface area contributed by atoms with E-state index in [0.29, 0.717) is 6.04 Å². The van der Waals surface area contributed by atoms with E-state index in [1.807, 2.05) is 11.3 Å². The van der Waals surface area contributed by atoms with Gasteiger partial charge in [-0.25, -0.2) is 0 Å². The topological polar surface area (TPSA) is 12.4 Å². The molecule has 2 heterocycles. The van der Waals surface area contributed by atoms with Gasteiger partial charge in [-0.15, -0.1) is 11.3 Å². The molecule has 1 aliphatic carbocycles. The summed E-state index contributed by atoms with van der Waals surface area (Å²) in [6, 6.07) is 2.89. The summed E-state index contributed by atoms with van der Waals surface area (Å²) < 4.78 is 0. The van der Waals surface area contributed by atoms with Crippen molar-refractivity contribution in [1.82, 2.24) is 0 Å². The molecule has 0 N–H and O–H groups in total. The molecule has 0 amide bonds. The third kappa shape index (κ3) is 1.44. The van der Waals surface area contributed by atoms with Crippen LogP contribution >= 0.6 is 11.3 Å². The minimum Gasteiger partial charge on any atom is -0.288 e. The molecule has 1 fully saturated rings. The van der Waals surface area contributed by atoms with Crippen molar-refractivity contribution in [3.63, 3.8) is 0 Å². The Kier molecular flexibility index (Phi) is 1.76. The molecule has 1 aromatic rings. The first-order valence-corrected chi connectivity index (χ1v) is 5.91. The Labute approximate surface area is 82.5 Å². The zero-order valence-corrected chi connectivity index (χ0v) is 8.39. The molecule has 2 aliphatic rings. The predicted molar refractivity (Wildman–Crippen MR) is 56.7 cm³/mol. The largest absolute Gasteiger partial charge is 0.288 e. The van der Waals surface area contributed by atoms with Crippen molar-refractivity contribution in [2.45, 2.75) is 31.7 Å². The van der Waals surface area contributed by atoms with Crippen LogP contribution in [-0.2, 0) is 6.42 Å². The summed E-state index contributed by atoms with van der Waals surface area (Å²) in [6.07, 6.45) is 7.44. The first kappa shape index (κ1) is 7.74. The molecule has 0 saturated heterocycles. The first-order valence-electron chi connectivity index (χ1n) is 5.03. The van der Waals surface area contributed by atoms with Crippen molar-refractivity contribution < 1.29 is 0 Å². The van der Waals surface area contributed by atoms with Crippen LogP contribution in [0.5, 0.6) is 0 Å². The molecule has 0 bridgehead atoms. The molecule has 0 radical (unpaired) electrons. The van der Waals surface area contributed by atoms with Gasteiger partial charge in [-0.05, 0) is 48.6 Å². The minimum atomic E-state index is 0.639. The fourth-order valence-corrected chi connectivity index (χ4v) is 2.87. The highest BCUT2D eigenvalue weighted by atomic mass is 32.1. The van der Waals surface area contributed by atoms with Gasteiger partial charge in [-0.2, -0.15) is 0 Å². The van der Waals surface area contributed by atoms with Gasteiger partial charge in [0.2, 0.25) is 0 Å². The molecular formula is C11H13NS. The van der Waals surface area contributed by atoms with Crippen molar-refractivity contribution in [1.29, 1.82) is 0 Å². The zero-order valence-electron chi connectivity index (χ0n) is 7.57. The van der Waals surface area contributed by atoms with Crippen molar-refractivity contribution in [3.05, 3.63) is 21.9 Å². The van der Waals surface area contributed by atoms with E-state index in [1.54, 1.807) is 0 Å². The normalized spacial score (nSPS) is 26.9. The van der Waals surface area contributed by atoms with E-state index >= 15 is 0 Å². The van der Waals surface area contributed by atoms with Gasteiger partial charge in [-0.1, -0.05) is 0 Å². The number of aliphatic imine (C=N–C) groups is 1. The van der Waals surface area contributed by atoms with Gasteiger partial charge in [0.05, 0.1) is 6.04 Å². The molecule has 1 aromatic heterocycles. The Morgan fingerprint density at radius 3 is 3.08 bits per heavy atom. The van der Waals surface area contributed by atoms with E-state index in [1.165, 1.54) is 36.1 Å². The van der Waals surface area contributed by atoms with Gasteiger partial charge >= 0.3 is 0 Å². The van der Waals surface area contributed by atoms with Crippen molar-refractivity contribution in [2.75, 3.05) is 0 Å². The number of nitrogens with zero attached hydrogens (tertiary/aromatic N) is 1. The Hall–Kier alpha value is -0.630. The fraction of sp³-hybridized carbons (Fsp3) is 0.545. The van der Waals surface area contributed by atoms with Gasteiger partial charge < -0.3 is 0 Å². The molecule has 68 valence electrons. The molecule has 0 aromatic carbocycles. The summed E-state index contributed by atoms with van der Waals surface area (Å²) in [5.41, 5.74) is 1.51. The molecule has 1 saturated carbocycles. The van der Waals surface area contributed by atoms with Crippen LogP contribution in [0.2, 0.25) is 0 Å². The van der Waals surface area contributed by atoms with Crippen molar-refractivity contribution in [3.8, 4) is 0 Å². The summed E-state index contributed by atoms with van der Waals surface area (Å²) >= 11 is 1.82. The SMILES string of the molecule is C1=NC(C2CC2)CCc2ccsc21. The van der Waals surface area contributed by atoms with Crippen LogP contribution in [0.1, 0.15) is 29.7 Å². The molecule has 0 spiro atoms. The molecular weight excluding hydrogens is 178 g/mol. The highest BCUT2D eigenvalue weighted by Gasteiger charge is 2.31. The lowest BCUT2D eigenvalue weighted by molar-refractivity contribution is 0.559. The quantitative estimate of drug-likeness (QED) is 0.647. The van der Waals surface area contributed by atoms with E-state index in [-0.39, 0.29) is 0 Å². The predicted octanol–water partition coefficient (Wildman–Crippen LogP) is 2.89. The third-order valence-electron chi connectivity index (χ3n) is 3.04. The van der Waals surface area contributed by atoms with E-state index < -0.39 is 0 Å².